The molecule has 2 rings (SSSR count). The minimum Gasteiger partial charge on any atom is -0.508 e. The van der Waals surface area contributed by atoms with Gasteiger partial charge in [-0.1, -0.05) is 12.1 Å². The third kappa shape index (κ3) is 3.08. The summed E-state index contributed by atoms with van der Waals surface area (Å²) in [5.74, 6) is -0.197. The minimum atomic E-state index is -0.687. The molecule has 2 atom stereocenters. The number of rotatable bonds is 3. The summed E-state index contributed by atoms with van der Waals surface area (Å²) in [4.78, 5) is 25.4. The molecular formula is C14H19N3O3. The van der Waals surface area contributed by atoms with Gasteiger partial charge in [-0.05, 0) is 31.0 Å². The Kier molecular flexibility index (Phi) is 4.24. The number of nitrogens with two attached hydrogens (primary N) is 1. The molecule has 0 aromatic heterocycles. The van der Waals surface area contributed by atoms with Gasteiger partial charge >= 0.3 is 0 Å². The molecule has 0 radical (unpaired) electrons. The molecule has 20 heavy (non-hydrogen) atoms. The molecule has 1 aliphatic rings. The molecule has 6 heteroatoms. The van der Waals surface area contributed by atoms with Crippen LogP contribution in [-0.4, -0.2) is 47.0 Å². The molecule has 1 aromatic rings. The first-order valence-corrected chi connectivity index (χ1v) is 6.60. The first-order valence-electron chi connectivity index (χ1n) is 6.60. The number of carbonyl (C=O) groups excluding carboxylic acids is 2. The quantitative estimate of drug-likeness (QED) is 0.701. The number of carbonyl (C=O) groups is 2. The highest BCUT2D eigenvalue weighted by atomic mass is 16.3. The Morgan fingerprint density at radius 3 is 2.80 bits per heavy atom. The number of phenolic OH excluding ortho intramolecular Hbond substituents is 1. The van der Waals surface area contributed by atoms with Crippen LogP contribution in [-0.2, 0) is 16.0 Å². The zero-order valence-electron chi connectivity index (χ0n) is 11.4. The van der Waals surface area contributed by atoms with Crippen LogP contribution in [0.5, 0.6) is 5.75 Å². The average Bonchev–Trinajstić information content (AvgIpc) is 2.43. The molecule has 6 nitrogen and oxygen atoms in total. The molecule has 0 spiro atoms. The van der Waals surface area contributed by atoms with Gasteiger partial charge in [0.2, 0.25) is 11.8 Å². The molecule has 4 N–H and O–H groups in total. The summed E-state index contributed by atoms with van der Waals surface area (Å²) in [6.07, 6.45) is 0.379. The second kappa shape index (κ2) is 5.92. The fourth-order valence-corrected chi connectivity index (χ4v) is 2.27. The van der Waals surface area contributed by atoms with Gasteiger partial charge in [0, 0.05) is 13.1 Å². The molecule has 0 bridgehead atoms. The van der Waals surface area contributed by atoms with E-state index in [1.165, 1.54) is 4.90 Å². The molecule has 0 aliphatic carbocycles. The Morgan fingerprint density at radius 1 is 1.50 bits per heavy atom. The lowest BCUT2D eigenvalue weighted by Crippen LogP contribution is -2.59. The summed E-state index contributed by atoms with van der Waals surface area (Å²) in [5, 5.41) is 11.9. The summed E-state index contributed by atoms with van der Waals surface area (Å²) in [5.41, 5.74) is 6.81. The maximum Gasteiger partial charge on any atom is 0.242 e. The first kappa shape index (κ1) is 14.3. The highest BCUT2D eigenvalue weighted by Gasteiger charge is 2.31. The van der Waals surface area contributed by atoms with E-state index in [9.17, 15) is 14.7 Å². The van der Waals surface area contributed by atoms with Gasteiger partial charge < -0.3 is 21.1 Å². The summed E-state index contributed by atoms with van der Waals surface area (Å²) < 4.78 is 0. The van der Waals surface area contributed by atoms with Gasteiger partial charge in [0.15, 0.2) is 0 Å². The van der Waals surface area contributed by atoms with Crippen LogP contribution in [0, 0.1) is 0 Å². The zero-order chi connectivity index (χ0) is 14.7. The summed E-state index contributed by atoms with van der Waals surface area (Å²) in [7, 11) is 0. The predicted octanol–water partition coefficient (Wildman–Crippen LogP) is -0.391. The standard InChI is InChI=1S/C14H19N3O3/c1-9-13(19)16-6-7-17(9)14(20)12(15)8-10-2-4-11(18)5-3-10/h2-5,9,12,18H,6-8,15H2,1H3,(H,16,19). The summed E-state index contributed by atoms with van der Waals surface area (Å²) >= 11 is 0. The highest BCUT2D eigenvalue weighted by molar-refractivity contribution is 5.90. The van der Waals surface area contributed by atoms with Gasteiger partial charge in [-0.25, -0.2) is 0 Å². The molecule has 1 aliphatic heterocycles. The van der Waals surface area contributed by atoms with Gasteiger partial charge in [0.25, 0.3) is 0 Å². The molecular weight excluding hydrogens is 258 g/mol. The van der Waals surface area contributed by atoms with Crippen molar-refractivity contribution in [3.63, 3.8) is 0 Å². The zero-order valence-corrected chi connectivity index (χ0v) is 11.4. The van der Waals surface area contributed by atoms with Crippen molar-refractivity contribution in [1.29, 1.82) is 0 Å². The Hall–Kier alpha value is -2.08. The SMILES string of the molecule is CC1C(=O)NCCN1C(=O)C(N)Cc1ccc(O)cc1. The van der Waals surface area contributed by atoms with E-state index in [0.717, 1.165) is 5.56 Å². The largest absolute Gasteiger partial charge is 0.508 e. The maximum atomic E-state index is 12.3. The van der Waals surface area contributed by atoms with E-state index >= 15 is 0 Å². The second-order valence-electron chi connectivity index (χ2n) is 4.98. The van der Waals surface area contributed by atoms with E-state index in [1.54, 1.807) is 31.2 Å². The lowest BCUT2D eigenvalue weighted by Gasteiger charge is -2.34. The number of amides is 2. The maximum absolute atomic E-state index is 12.3. The molecule has 2 unspecified atom stereocenters. The number of aromatic hydroxyl groups is 1. The van der Waals surface area contributed by atoms with Crippen LogP contribution >= 0.6 is 0 Å². The monoisotopic (exact) mass is 277 g/mol. The second-order valence-corrected chi connectivity index (χ2v) is 4.98. The van der Waals surface area contributed by atoms with Crippen LogP contribution < -0.4 is 11.1 Å². The van der Waals surface area contributed by atoms with Crippen LogP contribution in [0.1, 0.15) is 12.5 Å². The fourth-order valence-electron chi connectivity index (χ4n) is 2.27. The van der Waals surface area contributed by atoms with Crippen LogP contribution in [0.4, 0.5) is 0 Å². The number of hydrogen-bond donors (Lipinski definition) is 3. The molecule has 108 valence electrons. The van der Waals surface area contributed by atoms with E-state index in [-0.39, 0.29) is 17.6 Å². The molecule has 1 saturated heterocycles. The van der Waals surface area contributed by atoms with Gasteiger partial charge in [0.05, 0.1) is 6.04 Å². The molecule has 2 amide bonds. The fraction of sp³-hybridized carbons (Fsp3) is 0.429. The number of nitrogens with zero attached hydrogens (tertiary/aromatic N) is 1. The molecule has 1 fully saturated rings. The average molecular weight is 277 g/mol. The minimum absolute atomic E-state index is 0.151. The Morgan fingerprint density at radius 2 is 2.15 bits per heavy atom. The summed E-state index contributed by atoms with van der Waals surface area (Å²) in [6.45, 7) is 2.63. The van der Waals surface area contributed by atoms with Crippen LogP contribution in [0.25, 0.3) is 0 Å². The van der Waals surface area contributed by atoms with E-state index in [1.807, 2.05) is 0 Å². The predicted molar refractivity (Wildman–Crippen MR) is 74.0 cm³/mol. The lowest BCUT2D eigenvalue weighted by atomic mass is 10.0. The van der Waals surface area contributed by atoms with Gasteiger partial charge in [-0.15, -0.1) is 0 Å². The van der Waals surface area contributed by atoms with Crippen LogP contribution in [0.15, 0.2) is 24.3 Å². The van der Waals surface area contributed by atoms with Gasteiger partial charge in [0.1, 0.15) is 11.8 Å². The van der Waals surface area contributed by atoms with Crippen LogP contribution in [0.2, 0.25) is 0 Å². The molecule has 0 saturated carbocycles. The highest BCUT2D eigenvalue weighted by Crippen LogP contribution is 2.13. The van der Waals surface area contributed by atoms with Crippen molar-refractivity contribution in [2.24, 2.45) is 5.73 Å². The molecule has 1 heterocycles. The molecule has 1 aromatic carbocycles. The van der Waals surface area contributed by atoms with Gasteiger partial charge in [-0.2, -0.15) is 0 Å². The van der Waals surface area contributed by atoms with Crippen molar-refractivity contribution in [2.75, 3.05) is 13.1 Å². The third-order valence-electron chi connectivity index (χ3n) is 3.49. The number of benzene rings is 1. The first-order chi connectivity index (χ1) is 9.49. The normalized spacial score (nSPS) is 20.4. The van der Waals surface area contributed by atoms with Crippen molar-refractivity contribution >= 4 is 11.8 Å². The van der Waals surface area contributed by atoms with E-state index < -0.39 is 12.1 Å². The van der Waals surface area contributed by atoms with E-state index in [0.29, 0.717) is 19.5 Å². The van der Waals surface area contributed by atoms with Crippen molar-refractivity contribution < 1.29 is 14.7 Å². The van der Waals surface area contributed by atoms with Crippen molar-refractivity contribution in [3.8, 4) is 5.75 Å². The number of hydrogen-bond acceptors (Lipinski definition) is 4. The lowest BCUT2D eigenvalue weighted by molar-refractivity contribution is -0.143. The van der Waals surface area contributed by atoms with Crippen molar-refractivity contribution in [1.82, 2.24) is 10.2 Å². The summed E-state index contributed by atoms with van der Waals surface area (Å²) in [6, 6.07) is 5.41. The third-order valence-corrected chi connectivity index (χ3v) is 3.49. The topological polar surface area (TPSA) is 95.7 Å². The smallest absolute Gasteiger partial charge is 0.242 e. The Labute approximate surface area is 117 Å². The van der Waals surface area contributed by atoms with Crippen LogP contribution in [0.3, 0.4) is 0 Å². The van der Waals surface area contributed by atoms with E-state index in [4.69, 9.17) is 5.73 Å². The van der Waals surface area contributed by atoms with Crippen molar-refractivity contribution in [2.45, 2.75) is 25.4 Å². The van der Waals surface area contributed by atoms with Gasteiger partial charge in [-0.3, -0.25) is 9.59 Å². The number of phenols is 1. The Balaban J connectivity index is 2.01. The van der Waals surface area contributed by atoms with E-state index in [2.05, 4.69) is 5.32 Å². The number of piperazine rings is 1. The van der Waals surface area contributed by atoms with Crippen molar-refractivity contribution in [3.05, 3.63) is 29.8 Å². The Bertz CT molecular complexity index is 501. The number of nitrogens with one attached hydrogen (secondary N) is 1.